The van der Waals surface area contributed by atoms with Crippen LogP contribution in [0.2, 0.25) is 5.02 Å². The van der Waals surface area contributed by atoms with Gasteiger partial charge in [0.15, 0.2) is 0 Å². The van der Waals surface area contributed by atoms with Gasteiger partial charge in [-0.05, 0) is 42.7 Å². The minimum atomic E-state index is -0.388. The predicted octanol–water partition coefficient (Wildman–Crippen LogP) is 4.29. The second-order valence-corrected chi connectivity index (χ2v) is 5.15. The predicted molar refractivity (Wildman–Crippen MR) is 80.3 cm³/mol. The van der Waals surface area contributed by atoms with Crippen LogP contribution in [-0.4, -0.2) is 4.98 Å². The molecule has 0 radical (unpaired) electrons. The molecule has 2 nitrogen and oxygen atoms in total. The van der Waals surface area contributed by atoms with Gasteiger partial charge in [0, 0.05) is 18.8 Å². The molecule has 1 heterocycles. The highest BCUT2D eigenvalue weighted by Gasteiger charge is 2.09. The molecule has 0 aliphatic carbocycles. The van der Waals surface area contributed by atoms with E-state index in [1.807, 2.05) is 13.0 Å². The summed E-state index contributed by atoms with van der Waals surface area (Å²) in [5, 5.41) is 3.55. The first-order valence-corrected chi connectivity index (χ1v) is 7.10. The van der Waals surface area contributed by atoms with Gasteiger partial charge in [-0.1, -0.05) is 30.7 Å². The fraction of sp³-hybridized carbons (Fsp3) is 0.312. The van der Waals surface area contributed by atoms with Crippen LogP contribution in [-0.2, 0) is 13.0 Å². The lowest BCUT2D eigenvalue weighted by Gasteiger charge is -2.15. The second-order valence-electron chi connectivity index (χ2n) is 4.74. The van der Waals surface area contributed by atoms with E-state index < -0.39 is 0 Å². The summed E-state index contributed by atoms with van der Waals surface area (Å²) < 4.78 is 13.1. The lowest BCUT2D eigenvalue weighted by atomic mass is 10.1. The molecule has 0 saturated heterocycles. The van der Waals surface area contributed by atoms with Crippen molar-refractivity contribution in [2.75, 3.05) is 0 Å². The summed E-state index contributed by atoms with van der Waals surface area (Å²) in [6, 6.07) is 8.93. The third-order valence-electron chi connectivity index (χ3n) is 3.38. The van der Waals surface area contributed by atoms with E-state index in [4.69, 9.17) is 11.6 Å². The molecular formula is C16H18ClFN2. The number of aromatic nitrogens is 1. The maximum absolute atomic E-state index is 13.1. The van der Waals surface area contributed by atoms with E-state index in [1.165, 1.54) is 11.6 Å². The highest BCUT2D eigenvalue weighted by atomic mass is 35.5. The lowest BCUT2D eigenvalue weighted by Crippen LogP contribution is -2.19. The Balaban J connectivity index is 2.04. The van der Waals surface area contributed by atoms with Crippen molar-refractivity contribution in [3.63, 3.8) is 0 Å². The van der Waals surface area contributed by atoms with Crippen molar-refractivity contribution in [2.24, 2.45) is 0 Å². The minimum absolute atomic E-state index is 0.0832. The molecule has 0 spiro atoms. The molecule has 106 valence electrons. The molecule has 1 aromatic carbocycles. The van der Waals surface area contributed by atoms with Gasteiger partial charge in [0.2, 0.25) is 0 Å². The molecule has 0 amide bonds. The number of nitrogens with one attached hydrogen (secondary N) is 1. The van der Waals surface area contributed by atoms with Gasteiger partial charge >= 0.3 is 0 Å². The van der Waals surface area contributed by atoms with Gasteiger partial charge in [-0.3, -0.25) is 4.98 Å². The third-order valence-corrected chi connectivity index (χ3v) is 3.67. The Morgan fingerprint density at radius 2 is 2.15 bits per heavy atom. The first kappa shape index (κ1) is 14.9. The Kier molecular flexibility index (Phi) is 5.10. The fourth-order valence-electron chi connectivity index (χ4n) is 2.10. The van der Waals surface area contributed by atoms with Gasteiger partial charge in [0.05, 0.1) is 10.7 Å². The molecule has 1 unspecified atom stereocenters. The van der Waals surface area contributed by atoms with E-state index in [1.54, 1.807) is 18.3 Å². The van der Waals surface area contributed by atoms with Crippen LogP contribution in [0.3, 0.4) is 0 Å². The topological polar surface area (TPSA) is 24.9 Å². The van der Waals surface area contributed by atoms with E-state index in [9.17, 15) is 4.39 Å². The quantitative estimate of drug-likeness (QED) is 0.889. The van der Waals surface area contributed by atoms with E-state index >= 15 is 0 Å². The number of halogens is 2. The molecule has 1 aromatic heterocycles. The van der Waals surface area contributed by atoms with Gasteiger partial charge < -0.3 is 5.32 Å². The number of benzene rings is 1. The molecule has 2 aromatic rings. The van der Waals surface area contributed by atoms with Crippen molar-refractivity contribution in [1.82, 2.24) is 10.3 Å². The van der Waals surface area contributed by atoms with Crippen LogP contribution >= 0.6 is 11.6 Å². The van der Waals surface area contributed by atoms with Crippen LogP contribution in [0, 0.1) is 5.82 Å². The highest BCUT2D eigenvalue weighted by molar-refractivity contribution is 6.30. The van der Waals surface area contributed by atoms with Gasteiger partial charge in [0.1, 0.15) is 5.82 Å². The summed E-state index contributed by atoms with van der Waals surface area (Å²) in [5.74, 6) is -0.388. The largest absolute Gasteiger partial charge is 0.305 e. The Morgan fingerprint density at radius 1 is 1.35 bits per heavy atom. The van der Waals surface area contributed by atoms with Crippen molar-refractivity contribution in [2.45, 2.75) is 32.9 Å². The Labute approximate surface area is 124 Å². The monoisotopic (exact) mass is 292 g/mol. The summed E-state index contributed by atoms with van der Waals surface area (Å²) in [6.07, 6.45) is 2.76. The fourth-order valence-corrected chi connectivity index (χ4v) is 2.29. The van der Waals surface area contributed by atoms with Crippen LogP contribution in [0.5, 0.6) is 0 Å². The summed E-state index contributed by atoms with van der Waals surface area (Å²) in [7, 11) is 0. The molecule has 0 aliphatic rings. The molecule has 20 heavy (non-hydrogen) atoms. The standard InChI is InChI=1S/C16H18ClFN2/c1-3-12-5-4-8-19-16(12)10-20-11(2)13-6-7-15(18)14(17)9-13/h4-9,11,20H,3,10H2,1-2H3. The van der Waals surface area contributed by atoms with Crippen LogP contribution in [0.4, 0.5) is 4.39 Å². The van der Waals surface area contributed by atoms with E-state index in [2.05, 4.69) is 23.3 Å². The van der Waals surface area contributed by atoms with Crippen LogP contribution in [0.15, 0.2) is 36.5 Å². The number of nitrogens with zero attached hydrogens (tertiary/aromatic N) is 1. The van der Waals surface area contributed by atoms with Gasteiger partial charge in [-0.15, -0.1) is 0 Å². The molecule has 0 fully saturated rings. The summed E-state index contributed by atoms with van der Waals surface area (Å²) >= 11 is 5.81. The maximum Gasteiger partial charge on any atom is 0.141 e. The highest BCUT2D eigenvalue weighted by Crippen LogP contribution is 2.21. The first-order valence-electron chi connectivity index (χ1n) is 6.73. The Morgan fingerprint density at radius 3 is 2.85 bits per heavy atom. The van der Waals surface area contributed by atoms with Gasteiger partial charge in [-0.25, -0.2) is 4.39 Å². The zero-order chi connectivity index (χ0) is 14.5. The number of hydrogen-bond acceptors (Lipinski definition) is 2. The summed E-state index contributed by atoms with van der Waals surface area (Å²) in [6.45, 7) is 4.82. The Bertz CT molecular complexity index is 586. The van der Waals surface area contributed by atoms with Crippen molar-refractivity contribution in [3.8, 4) is 0 Å². The molecule has 0 aliphatic heterocycles. The molecule has 2 rings (SSSR count). The number of hydrogen-bond donors (Lipinski definition) is 1. The molecule has 1 N–H and O–H groups in total. The lowest BCUT2D eigenvalue weighted by molar-refractivity contribution is 0.562. The van der Waals surface area contributed by atoms with E-state index in [-0.39, 0.29) is 16.9 Å². The molecule has 0 bridgehead atoms. The van der Waals surface area contributed by atoms with Crippen molar-refractivity contribution in [3.05, 3.63) is 64.2 Å². The van der Waals surface area contributed by atoms with Crippen LogP contribution in [0.25, 0.3) is 0 Å². The number of aryl methyl sites for hydroxylation is 1. The van der Waals surface area contributed by atoms with Crippen molar-refractivity contribution >= 4 is 11.6 Å². The van der Waals surface area contributed by atoms with Crippen LogP contribution < -0.4 is 5.32 Å². The van der Waals surface area contributed by atoms with Crippen molar-refractivity contribution in [1.29, 1.82) is 0 Å². The van der Waals surface area contributed by atoms with E-state index in [0.717, 1.165) is 17.7 Å². The number of pyridine rings is 1. The minimum Gasteiger partial charge on any atom is -0.305 e. The number of rotatable bonds is 5. The SMILES string of the molecule is CCc1cccnc1CNC(C)c1ccc(F)c(Cl)c1. The smallest absolute Gasteiger partial charge is 0.141 e. The molecular weight excluding hydrogens is 275 g/mol. The summed E-state index contributed by atoms with van der Waals surface area (Å²) in [5.41, 5.74) is 3.25. The third kappa shape index (κ3) is 3.56. The van der Waals surface area contributed by atoms with Gasteiger partial charge in [0.25, 0.3) is 0 Å². The summed E-state index contributed by atoms with van der Waals surface area (Å²) in [4.78, 5) is 4.40. The molecule has 1 atom stereocenters. The molecule has 0 saturated carbocycles. The maximum atomic E-state index is 13.1. The normalized spacial score (nSPS) is 12.4. The average molecular weight is 293 g/mol. The van der Waals surface area contributed by atoms with Crippen molar-refractivity contribution < 1.29 is 4.39 Å². The van der Waals surface area contributed by atoms with Crippen LogP contribution in [0.1, 0.15) is 36.7 Å². The molecule has 4 heteroatoms. The van der Waals surface area contributed by atoms with Gasteiger partial charge in [-0.2, -0.15) is 0 Å². The van der Waals surface area contributed by atoms with E-state index in [0.29, 0.717) is 6.54 Å². The zero-order valence-corrected chi connectivity index (χ0v) is 12.4. The zero-order valence-electron chi connectivity index (χ0n) is 11.7. The Hall–Kier alpha value is -1.45. The first-order chi connectivity index (χ1) is 9.61. The second kappa shape index (κ2) is 6.82. The average Bonchev–Trinajstić information content (AvgIpc) is 2.47.